The van der Waals surface area contributed by atoms with Gasteiger partial charge in [0, 0.05) is 5.56 Å². The van der Waals surface area contributed by atoms with Gasteiger partial charge in [-0.25, -0.2) is 5.43 Å². The smallest absolute Gasteiger partial charge is 0.277 e. The summed E-state index contributed by atoms with van der Waals surface area (Å²) in [7, 11) is 3.15. The van der Waals surface area contributed by atoms with Crippen LogP contribution in [0.15, 0.2) is 65.8 Å². The van der Waals surface area contributed by atoms with Crippen molar-refractivity contribution < 1.29 is 19.0 Å². The van der Waals surface area contributed by atoms with E-state index in [1.54, 1.807) is 33.3 Å². The van der Waals surface area contributed by atoms with E-state index in [4.69, 9.17) is 14.2 Å². The van der Waals surface area contributed by atoms with Crippen LogP contribution in [0.3, 0.4) is 0 Å². The molecule has 0 aliphatic heterocycles. The average Bonchev–Trinajstić information content (AvgIpc) is 2.75. The maximum absolute atomic E-state index is 12.1. The largest absolute Gasteiger partial charge is 0.493 e. The fraction of sp³-hybridized carbons (Fsp3) is 0.182. The molecule has 0 saturated carbocycles. The van der Waals surface area contributed by atoms with Crippen molar-refractivity contribution in [2.45, 2.75) is 6.92 Å². The van der Waals surface area contributed by atoms with Gasteiger partial charge < -0.3 is 14.2 Å². The van der Waals surface area contributed by atoms with Crippen molar-refractivity contribution in [2.75, 3.05) is 20.8 Å². The Morgan fingerprint density at radius 1 is 0.929 bits per heavy atom. The van der Waals surface area contributed by atoms with Crippen molar-refractivity contribution in [1.82, 2.24) is 5.43 Å². The molecule has 0 unspecified atom stereocenters. The van der Waals surface area contributed by atoms with E-state index in [1.165, 1.54) is 0 Å². The SMILES string of the molecule is COc1ccc(C(C)=NNC(=O)COc2ccc3ccccc3c2)cc1OC. The van der Waals surface area contributed by atoms with Gasteiger partial charge in [0.2, 0.25) is 0 Å². The summed E-state index contributed by atoms with van der Waals surface area (Å²) < 4.78 is 16.1. The Kier molecular flexibility index (Phi) is 6.11. The van der Waals surface area contributed by atoms with Crippen molar-refractivity contribution in [3.63, 3.8) is 0 Å². The van der Waals surface area contributed by atoms with Crippen LogP contribution in [0.25, 0.3) is 10.8 Å². The number of ether oxygens (including phenoxy) is 3. The predicted octanol–water partition coefficient (Wildman–Crippen LogP) is 3.78. The summed E-state index contributed by atoms with van der Waals surface area (Å²) in [6.07, 6.45) is 0. The van der Waals surface area contributed by atoms with E-state index in [-0.39, 0.29) is 12.5 Å². The Bertz CT molecular complexity index is 1010. The molecule has 144 valence electrons. The van der Waals surface area contributed by atoms with Crippen LogP contribution >= 0.6 is 0 Å². The molecule has 0 atom stereocenters. The minimum Gasteiger partial charge on any atom is -0.493 e. The molecule has 3 aromatic rings. The average molecular weight is 378 g/mol. The van der Waals surface area contributed by atoms with Gasteiger partial charge >= 0.3 is 0 Å². The van der Waals surface area contributed by atoms with E-state index >= 15 is 0 Å². The summed E-state index contributed by atoms with van der Waals surface area (Å²) in [6, 6.07) is 19.1. The van der Waals surface area contributed by atoms with Crippen molar-refractivity contribution in [1.29, 1.82) is 0 Å². The van der Waals surface area contributed by atoms with Crippen molar-refractivity contribution >= 4 is 22.4 Å². The number of methoxy groups -OCH3 is 2. The summed E-state index contributed by atoms with van der Waals surface area (Å²) >= 11 is 0. The van der Waals surface area contributed by atoms with Gasteiger partial charge in [-0.15, -0.1) is 0 Å². The van der Waals surface area contributed by atoms with E-state index in [2.05, 4.69) is 10.5 Å². The molecule has 0 aromatic heterocycles. The fourth-order valence-electron chi connectivity index (χ4n) is 2.71. The van der Waals surface area contributed by atoms with Crippen LogP contribution in [0.4, 0.5) is 0 Å². The van der Waals surface area contributed by atoms with Crippen LogP contribution in [-0.2, 0) is 4.79 Å². The molecule has 3 rings (SSSR count). The molecule has 0 heterocycles. The minimum atomic E-state index is -0.340. The lowest BCUT2D eigenvalue weighted by Crippen LogP contribution is -2.25. The molecule has 6 nitrogen and oxygen atoms in total. The van der Waals surface area contributed by atoms with Gasteiger partial charge in [0.25, 0.3) is 5.91 Å². The first-order valence-electron chi connectivity index (χ1n) is 8.78. The summed E-state index contributed by atoms with van der Waals surface area (Å²) in [6.45, 7) is 1.67. The molecule has 0 spiro atoms. The summed E-state index contributed by atoms with van der Waals surface area (Å²) in [5.41, 5.74) is 3.96. The van der Waals surface area contributed by atoms with Crippen LogP contribution < -0.4 is 19.6 Å². The second-order valence-electron chi connectivity index (χ2n) is 6.10. The molecule has 1 N–H and O–H groups in total. The molecular formula is C22H22N2O4. The standard InChI is InChI=1S/C22H22N2O4/c1-15(17-9-11-20(26-2)21(13-17)27-3)23-24-22(25)14-28-19-10-8-16-6-4-5-7-18(16)12-19/h4-13H,14H2,1-3H3,(H,24,25). The van der Waals surface area contributed by atoms with Gasteiger partial charge in [0.05, 0.1) is 19.9 Å². The van der Waals surface area contributed by atoms with E-state index < -0.39 is 0 Å². The Morgan fingerprint density at radius 2 is 1.68 bits per heavy atom. The molecule has 0 aliphatic carbocycles. The third kappa shape index (κ3) is 4.59. The highest BCUT2D eigenvalue weighted by Gasteiger charge is 2.08. The van der Waals surface area contributed by atoms with Crippen molar-refractivity contribution in [2.24, 2.45) is 5.10 Å². The Labute approximate surface area is 163 Å². The lowest BCUT2D eigenvalue weighted by Gasteiger charge is -2.10. The van der Waals surface area contributed by atoms with Crippen molar-refractivity contribution in [3.05, 3.63) is 66.2 Å². The topological polar surface area (TPSA) is 69.2 Å². The normalized spacial score (nSPS) is 11.2. The van der Waals surface area contributed by atoms with Gasteiger partial charge in [0.15, 0.2) is 18.1 Å². The number of hydrogen-bond donors (Lipinski definition) is 1. The van der Waals surface area contributed by atoms with Gasteiger partial charge in [-0.3, -0.25) is 4.79 Å². The van der Waals surface area contributed by atoms with Crippen LogP contribution in [0.2, 0.25) is 0 Å². The van der Waals surface area contributed by atoms with E-state index in [0.717, 1.165) is 16.3 Å². The Hall–Kier alpha value is -3.54. The highest BCUT2D eigenvalue weighted by molar-refractivity contribution is 5.99. The van der Waals surface area contributed by atoms with Gasteiger partial charge in [0.1, 0.15) is 5.75 Å². The van der Waals surface area contributed by atoms with E-state index in [1.807, 2.05) is 48.5 Å². The first-order chi connectivity index (χ1) is 13.6. The molecule has 6 heteroatoms. The quantitative estimate of drug-likeness (QED) is 0.502. The number of nitrogens with one attached hydrogen (secondary N) is 1. The van der Waals surface area contributed by atoms with E-state index in [0.29, 0.717) is 23.0 Å². The zero-order chi connectivity index (χ0) is 19.9. The van der Waals surface area contributed by atoms with Crippen LogP contribution in [0.5, 0.6) is 17.2 Å². The number of rotatable bonds is 7. The van der Waals surface area contributed by atoms with Gasteiger partial charge in [-0.1, -0.05) is 30.3 Å². The Morgan fingerprint density at radius 3 is 2.43 bits per heavy atom. The first kappa shape index (κ1) is 19.2. The number of carbonyl (C=O) groups is 1. The summed E-state index contributed by atoms with van der Waals surface area (Å²) in [4.78, 5) is 12.1. The molecule has 28 heavy (non-hydrogen) atoms. The molecule has 0 fully saturated rings. The zero-order valence-corrected chi connectivity index (χ0v) is 16.1. The van der Waals surface area contributed by atoms with Crippen molar-refractivity contribution in [3.8, 4) is 17.2 Å². The lowest BCUT2D eigenvalue weighted by atomic mass is 10.1. The molecule has 0 bridgehead atoms. The van der Waals surface area contributed by atoms with E-state index in [9.17, 15) is 4.79 Å². The number of benzene rings is 3. The summed E-state index contributed by atoms with van der Waals surface area (Å²) in [5.74, 6) is 1.52. The zero-order valence-electron chi connectivity index (χ0n) is 16.1. The molecule has 0 saturated heterocycles. The number of amides is 1. The lowest BCUT2D eigenvalue weighted by molar-refractivity contribution is -0.123. The second-order valence-corrected chi connectivity index (χ2v) is 6.10. The number of hydrazone groups is 1. The maximum atomic E-state index is 12.1. The number of hydrogen-bond acceptors (Lipinski definition) is 5. The third-order valence-corrected chi connectivity index (χ3v) is 4.24. The molecule has 3 aromatic carbocycles. The number of nitrogens with zero attached hydrogens (tertiary/aromatic N) is 1. The predicted molar refractivity (Wildman–Crippen MR) is 109 cm³/mol. The van der Waals surface area contributed by atoms with Gasteiger partial charge in [-0.05, 0) is 48.0 Å². The minimum absolute atomic E-state index is 0.124. The molecule has 1 amide bonds. The van der Waals surface area contributed by atoms with Crippen LogP contribution in [0, 0.1) is 0 Å². The maximum Gasteiger partial charge on any atom is 0.277 e. The highest BCUT2D eigenvalue weighted by Crippen LogP contribution is 2.27. The highest BCUT2D eigenvalue weighted by atomic mass is 16.5. The summed E-state index contributed by atoms with van der Waals surface area (Å²) in [5, 5.41) is 6.31. The number of carbonyl (C=O) groups excluding carboxylic acids is 1. The monoisotopic (exact) mass is 378 g/mol. The fourth-order valence-corrected chi connectivity index (χ4v) is 2.71. The third-order valence-electron chi connectivity index (χ3n) is 4.24. The molecule has 0 radical (unpaired) electrons. The van der Waals surface area contributed by atoms with Crippen LogP contribution in [-0.4, -0.2) is 32.4 Å². The second kappa shape index (κ2) is 8.90. The first-order valence-corrected chi connectivity index (χ1v) is 8.78. The molecular weight excluding hydrogens is 356 g/mol. The van der Waals surface area contributed by atoms with Crippen LogP contribution in [0.1, 0.15) is 12.5 Å². The molecule has 0 aliphatic rings. The van der Waals surface area contributed by atoms with Gasteiger partial charge in [-0.2, -0.15) is 5.10 Å². The Balaban J connectivity index is 1.59. The number of fused-ring (bicyclic) bond motifs is 1.